The van der Waals surface area contributed by atoms with Gasteiger partial charge in [-0.05, 0) is 56.4 Å². The van der Waals surface area contributed by atoms with Crippen LogP contribution >= 0.6 is 0 Å². The van der Waals surface area contributed by atoms with E-state index in [4.69, 9.17) is 9.51 Å². The summed E-state index contributed by atoms with van der Waals surface area (Å²) in [7, 11) is 0. The number of nitriles is 1. The molecule has 2 fully saturated rings. The molecule has 0 unspecified atom stereocenters. The van der Waals surface area contributed by atoms with Crippen LogP contribution in [-0.2, 0) is 0 Å². The van der Waals surface area contributed by atoms with Gasteiger partial charge in [-0.1, -0.05) is 17.3 Å². The number of imidazole rings is 1. The highest BCUT2D eigenvalue weighted by atomic mass is 16.5. The summed E-state index contributed by atoms with van der Waals surface area (Å²) in [5.41, 5.74) is 4.29. The largest absolute Gasteiger partial charge is 0.358 e. The van der Waals surface area contributed by atoms with Gasteiger partial charge in [-0.15, -0.1) is 0 Å². The number of anilines is 1. The number of aromatic nitrogens is 4. The van der Waals surface area contributed by atoms with Crippen molar-refractivity contribution in [1.29, 1.82) is 5.26 Å². The van der Waals surface area contributed by atoms with Crippen molar-refractivity contribution in [1.82, 2.24) is 19.5 Å². The van der Waals surface area contributed by atoms with Crippen LogP contribution in [0.25, 0.3) is 16.7 Å². The standard InChI is InChI=1S/C23H22N6O/c1-14-12-20(29-19-5-3-2-4-18(19)25-22(29)17(14)13-24)28-10-8-15(9-11-28)21-26-23(30-27-21)16-6-7-16/h2-5,12,15-16H,6-11H2,1H3. The normalized spacial score (nSPS) is 17.7. The Morgan fingerprint density at radius 1 is 1.07 bits per heavy atom. The summed E-state index contributed by atoms with van der Waals surface area (Å²) in [6, 6.07) is 12.5. The van der Waals surface area contributed by atoms with Crippen LogP contribution in [0, 0.1) is 18.3 Å². The number of para-hydroxylation sites is 2. The van der Waals surface area contributed by atoms with Gasteiger partial charge in [0.1, 0.15) is 11.9 Å². The van der Waals surface area contributed by atoms with Gasteiger partial charge in [0, 0.05) is 24.9 Å². The molecule has 0 amide bonds. The highest BCUT2D eigenvalue weighted by molar-refractivity contribution is 5.85. The third-order valence-electron chi connectivity index (χ3n) is 6.43. The van der Waals surface area contributed by atoms with E-state index < -0.39 is 0 Å². The molecule has 1 saturated heterocycles. The molecule has 0 N–H and O–H groups in total. The second-order valence-electron chi connectivity index (χ2n) is 8.46. The van der Waals surface area contributed by atoms with E-state index in [1.54, 1.807) is 0 Å². The molecule has 0 radical (unpaired) electrons. The summed E-state index contributed by atoms with van der Waals surface area (Å²) in [4.78, 5) is 11.8. The molecule has 2 aliphatic rings. The van der Waals surface area contributed by atoms with Gasteiger partial charge in [0.05, 0.1) is 16.6 Å². The van der Waals surface area contributed by atoms with E-state index in [1.165, 1.54) is 12.8 Å². The Morgan fingerprint density at radius 2 is 1.87 bits per heavy atom. The first kappa shape index (κ1) is 17.5. The van der Waals surface area contributed by atoms with Gasteiger partial charge in [-0.25, -0.2) is 4.98 Å². The van der Waals surface area contributed by atoms with Crippen molar-refractivity contribution in [3.8, 4) is 6.07 Å². The molecule has 1 aliphatic heterocycles. The van der Waals surface area contributed by atoms with Crippen LogP contribution in [0.5, 0.6) is 0 Å². The van der Waals surface area contributed by atoms with Gasteiger partial charge in [0.25, 0.3) is 0 Å². The molecule has 6 rings (SSSR count). The van der Waals surface area contributed by atoms with Crippen LogP contribution in [0.15, 0.2) is 34.9 Å². The summed E-state index contributed by atoms with van der Waals surface area (Å²) in [5.74, 6) is 3.62. The first-order chi connectivity index (χ1) is 14.7. The lowest BCUT2D eigenvalue weighted by molar-refractivity contribution is 0.364. The SMILES string of the molecule is Cc1cc(N2CCC(c3noc(C4CC4)n3)CC2)n2c(nc3ccccc32)c1C#N. The van der Waals surface area contributed by atoms with Crippen LogP contribution in [0.1, 0.15) is 60.4 Å². The topological polar surface area (TPSA) is 83.2 Å². The molecule has 150 valence electrons. The molecule has 0 spiro atoms. The Labute approximate surface area is 173 Å². The lowest BCUT2D eigenvalue weighted by Gasteiger charge is -2.33. The molecule has 0 atom stereocenters. The average molecular weight is 398 g/mol. The van der Waals surface area contributed by atoms with E-state index in [0.717, 1.165) is 65.7 Å². The van der Waals surface area contributed by atoms with Crippen LogP contribution in [0.2, 0.25) is 0 Å². The van der Waals surface area contributed by atoms with E-state index in [2.05, 4.69) is 37.6 Å². The summed E-state index contributed by atoms with van der Waals surface area (Å²) < 4.78 is 7.61. The van der Waals surface area contributed by atoms with Gasteiger partial charge in [-0.3, -0.25) is 4.40 Å². The number of hydrogen-bond donors (Lipinski definition) is 0. The van der Waals surface area contributed by atoms with E-state index in [9.17, 15) is 5.26 Å². The Morgan fingerprint density at radius 3 is 2.63 bits per heavy atom. The number of hydrogen-bond acceptors (Lipinski definition) is 6. The molecule has 7 nitrogen and oxygen atoms in total. The number of benzene rings is 1. The Balaban J connectivity index is 1.35. The molecule has 4 heterocycles. The van der Waals surface area contributed by atoms with Gasteiger partial charge in [-0.2, -0.15) is 10.2 Å². The third-order valence-corrected chi connectivity index (χ3v) is 6.43. The minimum Gasteiger partial charge on any atom is -0.358 e. The van der Waals surface area contributed by atoms with E-state index >= 15 is 0 Å². The quantitative estimate of drug-likeness (QED) is 0.511. The Kier molecular flexibility index (Phi) is 3.82. The number of rotatable bonds is 3. The lowest BCUT2D eigenvalue weighted by atomic mass is 9.96. The highest BCUT2D eigenvalue weighted by Crippen LogP contribution is 2.40. The molecular formula is C23H22N6O. The maximum Gasteiger partial charge on any atom is 0.229 e. The van der Waals surface area contributed by atoms with Crippen molar-refractivity contribution in [2.24, 2.45) is 0 Å². The molecule has 30 heavy (non-hydrogen) atoms. The fourth-order valence-electron chi connectivity index (χ4n) is 4.58. The summed E-state index contributed by atoms with van der Waals surface area (Å²) >= 11 is 0. The molecule has 0 bridgehead atoms. The second kappa shape index (κ2) is 6.56. The summed E-state index contributed by atoms with van der Waals surface area (Å²) in [6.45, 7) is 3.81. The van der Waals surface area contributed by atoms with Crippen molar-refractivity contribution in [2.45, 2.75) is 44.4 Å². The van der Waals surface area contributed by atoms with Crippen molar-refractivity contribution in [3.63, 3.8) is 0 Å². The number of piperidine rings is 1. The maximum absolute atomic E-state index is 9.71. The molecule has 1 saturated carbocycles. The maximum atomic E-state index is 9.71. The van der Waals surface area contributed by atoms with Gasteiger partial charge in [0.15, 0.2) is 11.5 Å². The minimum atomic E-state index is 0.340. The number of aryl methyl sites for hydroxylation is 1. The lowest BCUT2D eigenvalue weighted by Crippen LogP contribution is -2.34. The molecule has 3 aromatic heterocycles. The summed E-state index contributed by atoms with van der Waals surface area (Å²) in [5, 5.41) is 14.0. The Bertz CT molecular complexity index is 1300. The number of nitrogens with zero attached hydrogens (tertiary/aromatic N) is 6. The first-order valence-corrected chi connectivity index (χ1v) is 10.6. The zero-order valence-electron chi connectivity index (χ0n) is 16.9. The van der Waals surface area contributed by atoms with Crippen molar-refractivity contribution >= 4 is 22.5 Å². The molecule has 4 aromatic rings. The van der Waals surface area contributed by atoms with Gasteiger partial charge in [0.2, 0.25) is 5.89 Å². The number of fused-ring (bicyclic) bond motifs is 3. The fourth-order valence-corrected chi connectivity index (χ4v) is 4.58. The van der Waals surface area contributed by atoms with Gasteiger partial charge >= 0.3 is 0 Å². The average Bonchev–Trinajstić information content (AvgIpc) is 3.38. The minimum absolute atomic E-state index is 0.340. The number of pyridine rings is 1. The van der Waals surface area contributed by atoms with E-state index in [1.807, 2.05) is 25.1 Å². The van der Waals surface area contributed by atoms with Crippen molar-refractivity contribution < 1.29 is 4.52 Å². The highest BCUT2D eigenvalue weighted by Gasteiger charge is 2.32. The molecular weight excluding hydrogens is 376 g/mol. The monoisotopic (exact) mass is 398 g/mol. The predicted molar refractivity (Wildman–Crippen MR) is 113 cm³/mol. The second-order valence-corrected chi connectivity index (χ2v) is 8.46. The van der Waals surface area contributed by atoms with Crippen LogP contribution in [0.3, 0.4) is 0 Å². The van der Waals surface area contributed by atoms with E-state index in [-0.39, 0.29) is 0 Å². The first-order valence-electron chi connectivity index (χ1n) is 10.6. The molecule has 7 heteroatoms. The zero-order chi connectivity index (χ0) is 20.2. The fraction of sp³-hybridized carbons (Fsp3) is 0.391. The third kappa shape index (κ3) is 2.67. The van der Waals surface area contributed by atoms with Gasteiger partial charge < -0.3 is 9.42 Å². The smallest absolute Gasteiger partial charge is 0.229 e. The van der Waals surface area contributed by atoms with Crippen LogP contribution in [0.4, 0.5) is 5.82 Å². The van der Waals surface area contributed by atoms with E-state index in [0.29, 0.717) is 17.4 Å². The van der Waals surface area contributed by atoms with Crippen molar-refractivity contribution in [2.75, 3.05) is 18.0 Å². The Hall–Kier alpha value is -3.40. The molecule has 1 aromatic carbocycles. The summed E-state index contributed by atoms with van der Waals surface area (Å²) in [6.07, 6.45) is 4.31. The van der Waals surface area contributed by atoms with Crippen molar-refractivity contribution in [3.05, 3.63) is 53.2 Å². The molecule has 1 aliphatic carbocycles. The zero-order valence-corrected chi connectivity index (χ0v) is 16.9. The van der Waals surface area contributed by atoms with Crippen LogP contribution in [-0.4, -0.2) is 32.6 Å². The van der Waals surface area contributed by atoms with Crippen LogP contribution < -0.4 is 4.90 Å². The predicted octanol–water partition coefficient (Wildman–Crippen LogP) is 4.31.